The summed E-state index contributed by atoms with van der Waals surface area (Å²) in [5.74, 6) is 0.592. The molecule has 106 valence electrons. The molecule has 0 spiro atoms. The van der Waals surface area contributed by atoms with Gasteiger partial charge in [-0.05, 0) is 25.2 Å². The lowest BCUT2D eigenvalue weighted by Gasteiger charge is -2.34. The molecule has 3 N–H and O–H groups in total. The maximum absolute atomic E-state index is 12.4. The third-order valence-electron chi connectivity index (χ3n) is 3.83. The van der Waals surface area contributed by atoms with Crippen LogP contribution in [0.1, 0.15) is 26.2 Å². The molecule has 0 heterocycles. The first kappa shape index (κ1) is 15.4. The SMILES string of the molecule is COCCN(CCO)C(=O)C1CCC(N)C(C)C1. The normalized spacial score (nSPS) is 28.1. The summed E-state index contributed by atoms with van der Waals surface area (Å²) >= 11 is 0. The first-order chi connectivity index (χ1) is 8.60. The molecule has 3 unspecified atom stereocenters. The molecule has 0 aromatic rings. The third kappa shape index (κ3) is 4.23. The number of nitrogens with zero attached hydrogens (tertiary/aromatic N) is 1. The van der Waals surface area contributed by atoms with Gasteiger partial charge in [-0.2, -0.15) is 0 Å². The zero-order valence-corrected chi connectivity index (χ0v) is 11.5. The van der Waals surface area contributed by atoms with E-state index in [1.807, 2.05) is 0 Å². The van der Waals surface area contributed by atoms with E-state index in [1.165, 1.54) is 0 Å². The van der Waals surface area contributed by atoms with Crippen LogP contribution in [-0.4, -0.2) is 55.4 Å². The Morgan fingerprint density at radius 2 is 2.17 bits per heavy atom. The molecule has 5 nitrogen and oxygen atoms in total. The molecule has 3 atom stereocenters. The number of hydrogen-bond acceptors (Lipinski definition) is 4. The van der Waals surface area contributed by atoms with Gasteiger partial charge in [-0.3, -0.25) is 4.79 Å². The molecule has 1 fully saturated rings. The molecule has 1 saturated carbocycles. The predicted octanol–water partition coefficient (Wildman–Crippen LogP) is 0.217. The highest BCUT2D eigenvalue weighted by Crippen LogP contribution is 2.29. The van der Waals surface area contributed by atoms with E-state index in [-0.39, 0.29) is 24.5 Å². The van der Waals surface area contributed by atoms with Crippen molar-refractivity contribution >= 4 is 5.91 Å². The molecule has 1 aliphatic carbocycles. The summed E-state index contributed by atoms with van der Waals surface area (Å²) in [5.41, 5.74) is 5.97. The summed E-state index contributed by atoms with van der Waals surface area (Å²) in [4.78, 5) is 14.1. The second-order valence-corrected chi connectivity index (χ2v) is 5.19. The summed E-state index contributed by atoms with van der Waals surface area (Å²) in [6, 6.07) is 0.222. The summed E-state index contributed by atoms with van der Waals surface area (Å²) in [6.07, 6.45) is 2.63. The average molecular weight is 258 g/mol. The molecule has 5 heteroatoms. The molecule has 18 heavy (non-hydrogen) atoms. The number of amides is 1. The van der Waals surface area contributed by atoms with Crippen molar-refractivity contribution in [3.05, 3.63) is 0 Å². The van der Waals surface area contributed by atoms with Crippen LogP contribution < -0.4 is 5.73 Å². The Bertz CT molecular complexity index is 255. The van der Waals surface area contributed by atoms with Crippen molar-refractivity contribution in [3.8, 4) is 0 Å². The molecule has 1 amide bonds. The Labute approximate surface area is 109 Å². The monoisotopic (exact) mass is 258 g/mol. The van der Waals surface area contributed by atoms with Gasteiger partial charge in [0.2, 0.25) is 5.91 Å². The fourth-order valence-electron chi connectivity index (χ4n) is 2.56. The van der Waals surface area contributed by atoms with Gasteiger partial charge in [0.05, 0.1) is 13.2 Å². The van der Waals surface area contributed by atoms with Gasteiger partial charge in [-0.25, -0.2) is 0 Å². The first-order valence-electron chi connectivity index (χ1n) is 6.74. The van der Waals surface area contributed by atoms with Crippen LogP contribution in [0.15, 0.2) is 0 Å². The van der Waals surface area contributed by atoms with Crippen molar-refractivity contribution in [2.45, 2.75) is 32.2 Å². The molecular weight excluding hydrogens is 232 g/mol. The highest BCUT2D eigenvalue weighted by Gasteiger charge is 2.31. The zero-order valence-electron chi connectivity index (χ0n) is 11.5. The maximum atomic E-state index is 12.4. The van der Waals surface area contributed by atoms with Gasteiger partial charge in [-0.1, -0.05) is 6.92 Å². The Kier molecular flexibility index (Phi) is 6.60. The number of methoxy groups -OCH3 is 1. The second-order valence-electron chi connectivity index (χ2n) is 5.19. The number of aliphatic hydroxyl groups is 1. The van der Waals surface area contributed by atoms with Gasteiger partial charge in [-0.15, -0.1) is 0 Å². The Morgan fingerprint density at radius 3 is 2.72 bits per heavy atom. The third-order valence-corrected chi connectivity index (χ3v) is 3.83. The van der Waals surface area contributed by atoms with E-state index >= 15 is 0 Å². The number of nitrogens with two attached hydrogens (primary N) is 1. The Balaban J connectivity index is 2.53. The summed E-state index contributed by atoms with van der Waals surface area (Å²) in [7, 11) is 1.61. The molecule has 0 bridgehead atoms. The number of carbonyl (C=O) groups is 1. The standard InChI is InChI=1S/C13H26N2O3/c1-10-9-11(3-4-12(10)14)13(17)15(5-7-16)6-8-18-2/h10-12,16H,3-9,14H2,1-2H3. The number of carbonyl (C=O) groups excluding carboxylic acids is 1. The van der Waals surface area contributed by atoms with Crippen LogP contribution in [0.25, 0.3) is 0 Å². The topological polar surface area (TPSA) is 75.8 Å². The fourth-order valence-corrected chi connectivity index (χ4v) is 2.56. The number of hydrogen-bond donors (Lipinski definition) is 2. The lowest BCUT2D eigenvalue weighted by molar-refractivity contribution is -0.138. The lowest BCUT2D eigenvalue weighted by Crippen LogP contribution is -2.44. The van der Waals surface area contributed by atoms with Crippen LogP contribution >= 0.6 is 0 Å². The van der Waals surface area contributed by atoms with Crippen molar-refractivity contribution in [1.82, 2.24) is 4.90 Å². The zero-order chi connectivity index (χ0) is 13.5. The fraction of sp³-hybridized carbons (Fsp3) is 0.923. The highest BCUT2D eigenvalue weighted by molar-refractivity contribution is 5.79. The second kappa shape index (κ2) is 7.71. The van der Waals surface area contributed by atoms with E-state index in [0.717, 1.165) is 19.3 Å². The Hall–Kier alpha value is -0.650. The molecule has 0 radical (unpaired) electrons. The van der Waals surface area contributed by atoms with E-state index in [2.05, 4.69) is 6.92 Å². The molecular formula is C13H26N2O3. The van der Waals surface area contributed by atoms with Crippen molar-refractivity contribution in [3.63, 3.8) is 0 Å². The number of rotatable bonds is 6. The minimum atomic E-state index is -0.00274. The van der Waals surface area contributed by atoms with Gasteiger partial charge in [0.25, 0.3) is 0 Å². The van der Waals surface area contributed by atoms with Crippen molar-refractivity contribution in [2.75, 3.05) is 33.4 Å². The largest absolute Gasteiger partial charge is 0.395 e. The van der Waals surface area contributed by atoms with Gasteiger partial charge >= 0.3 is 0 Å². The van der Waals surface area contributed by atoms with Crippen LogP contribution in [-0.2, 0) is 9.53 Å². The molecule has 0 aromatic heterocycles. The van der Waals surface area contributed by atoms with Crippen LogP contribution in [0, 0.1) is 11.8 Å². The molecule has 1 rings (SSSR count). The lowest BCUT2D eigenvalue weighted by atomic mass is 9.79. The first-order valence-corrected chi connectivity index (χ1v) is 6.74. The van der Waals surface area contributed by atoms with Crippen LogP contribution in [0.3, 0.4) is 0 Å². The van der Waals surface area contributed by atoms with Crippen molar-refractivity contribution in [2.24, 2.45) is 17.6 Å². The smallest absolute Gasteiger partial charge is 0.225 e. The van der Waals surface area contributed by atoms with Gasteiger partial charge in [0.1, 0.15) is 0 Å². The average Bonchev–Trinajstić information content (AvgIpc) is 2.37. The number of ether oxygens (including phenoxy) is 1. The minimum Gasteiger partial charge on any atom is -0.395 e. The van der Waals surface area contributed by atoms with E-state index in [0.29, 0.717) is 25.6 Å². The maximum Gasteiger partial charge on any atom is 0.225 e. The van der Waals surface area contributed by atoms with Gasteiger partial charge in [0.15, 0.2) is 0 Å². The summed E-state index contributed by atoms with van der Waals surface area (Å²) in [6.45, 7) is 3.55. The van der Waals surface area contributed by atoms with Crippen LogP contribution in [0.2, 0.25) is 0 Å². The van der Waals surface area contributed by atoms with Gasteiger partial charge in [0, 0.05) is 32.2 Å². The van der Waals surface area contributed by atoms with Gasteiger partial charge < -0.3 is 20.5 Å². The quantitative estimate of drug-likeness (QED) is 0.714. The number of aliphatic hydroxyl groups excluding tert-OH is 1. The minimum absolute atomic E-state index is 0.00274. The molecule has 0 aliphatic heterocycles. The molecule has 1 aliphatic rings. The summed E-state index contributed by atoms with van der Waals surface area (Å²) < 4.78 is 5.00. The summed E-state index contributed by atoms with van der Waals surface area (Å²) in [5, 5.41) is 9.02. The predicted molar refractivity (Wildman–Crippen MR) is 70.0 cm³/mol. The van der Waals surface area contributed by atoms with E-state index in [4.69, 9.17) is 15.6 Å². The van der Waals surface area contributed by atoms with E-state index in [1.54, 1.807) is 12.0 Å². The molecule has 0 saturated heterocycles. The highest BCUT2D eigenvalue weighted by atomic mass is 16.5. The van der Waals surface area contributed by atoms with Crippen LogP contribution in [0.5, 0.6) is 0 Å². The van der Waals surface area contributed by atoms with Crippen molar-refractivity contribution < 1.29 is 14.6 Å². The van der Waals surface area contributed by atoms with E-state index < -0.39 is 0 Å². The molecule has 0 aromatic carbocycles. The van der Waals surface area contributed by atoms with Crippen LogP contribution in [0.4, 0.5) is 0 Å². The Morgan fingerprint density at radius 1 is 1.44 bits per heavy atom. The van der Waals surface area contributed by atoms with E-state index in [9.17, 15) is 4.79 Å². The van der Waals surface area contributed by atoms with Crippen molar-refractivity contribution in [1.29, 1.82) is 0 Å².